The lowest BCUT2D eigenvalue weighted by atomic mass is 10.1. The van der Waals surface area contributed by atoms with E-state index in [0.717, 1.165) is 39.7 Å². The van der Waals surface area contributed by atoms with E-state index in [2.05, 4.69) is 71.0 Å². The molecule has 134 valence electrons. The molecule has 6 nitrogen and oxygen atoms in total. The molecular weight excluding hydrogens is 404 g/mol. The predicted molar refractivity (Wildman–Crippen MR) is 110 cm³/mol. The van der Waals surface area contributed by atoms with Crippen molar-refractivity contribution in [2.45, 2.75) is 18.9 Å². The largest absolute Gasteiger partial charge is 0.366 e. The smallest absolute Gasteiger partial charge is 0.229 e. The van der Waals surface area contributed by atoms with Crippen LogP contribution in [0.1, 0.15) is 11.1 Å². The van der Waals surface area contributed by atoms with Crippen molar-refractivity contribution in [1.82, 2.24) is 20.2 Å². The summed E-state index contributed by atoms with van der Waals surface area (Å²) in [6, 6.07) is 14.9. The lowest BCUT2D eigenvalue weighted by Crippen LogP contribution is -2.21. The van der Waals surface area contributed by atoms with Gasteiger partial charge >= 0.3 is 0 Å². The number of aromatic nitrogens is 4. The highest BCUT2D eigenvalue weighted by Crippen LogP contribution is 2.28. The quantitative estimate of drug-likeness (QED) is 0.454. The first-order chi connectivity index (χ1) is 13.2. The van der Waals surface area contributed by atoms with Crippen molar-refractivity contribution < 1.29 is 0 Å². The third-order valence-electron chi connectivity index (χ3n) is 4.83. The van der Waals surface area contributed by atoms with Crippen LogP contribution in [0.3, 0.4) is 0 Å². The summed E-state index contributed by atoms with van der Waals surface area (Å²) in [5, 5.41) is 14.9. The maximum absolute atomic E-state index is 4.66. The predicted octanol–water partition coefficient (Wildman–Crippen LogP) is 4.44. The molecule has 27 heavy (non-hydrogen) atoms. The Morgan fingerprint density at radius 1 is 1.04 bits per heavy atom. The van der Waals surface area contributed by atoms with Gasteiger partial charge < -0.3 is 10.6 Å². The molecule has 0 fully saturated rings. The number of rotatable bonds is 4. The molecule has 3 N–H and O–H groups in total. The van der Waals surface area contributed by atoms with Crippen LogP contribution < -0.4 is 10.6 Å². The molecule has 1 aliphatic carbocycles. The molecule has 1 aliphatic rings. The summed E-state index contributed by atoms with van der Waals surface area (Å²) in [7, 11) is 0. The second kappa shape index (κ2) is 6.66. The first-order valence-corrected chi connectivity index (χ1v) is 9.60. The fourth-order valence-electron chi connectivity index (χ4n) is 3.53. The standard InChI is InChI=1S/C20H17BrN6/c21-17-11-22-20(25-15-5-6-18-14(9-15)10-23-27-18)26-19(17)24-16-7-12-3-1-2-4-13(12)8-16/h1-6,9-11,16H,7-8H2,(H,23,27)(H2,22,24,25,26). The second-order valence-electron chi connectivity index (χ2n) is 6.71. The van der Waals surface area contributed by atoms with Gasteiger partial charge in [0.1, 0.15) is 5.82 Å². The normalized spacial score (nSPS) is 13.7. The Labute approximate surface area is 164 Å². The Morgan fingerprint density at radius 3 is 2.67 bits per heavy atom. The van der Waals surface area contributed by atoms with Crippen molar-refractivity contribution in [3.63, 3.8) is 0 Å². The Bertz CT molecular complexity index is 1100. The first-order valence-electron chi connectivity index (χ1n) is 8.80. The summed E-state index contributed by atoms with van der Waals surface area (Å²) < 4.78 is 0.856. The number of anilines is 3. The zero-order valence-corrected chi connectivity index (χ0v) is 16.0. The van der Waals surface area contributed by atoms with Gasteiger partial charge in [-0.3, -0.25) is 5.10 Å². The van der Waals surface area contributed by atoms with Crippen LogP contribution in [0, 0.1) is 0 Å². The molecule has 0 saturated carbocycles. The number of hydrogen-bond donors (Lipinski definition) is 3. The molecule has 5 rings (SSSR count). The number of hydrogen-bond acceptors (Lipinski definition) is 5. The molecule has 0 bridgehead atoms. The average molecular weight is 421 g/mol. The van der Waals surface area contributed by atoms with Gasteiger partial charge in [-0.25, -0.2) is 4.98 Å². The minimum atomic E-state index is 0.337. The summed E-state index contributed by atoms with van der Waals surface area (Å²) in [5.74, 6) is 1.36. The summed E-state index contributed by atoms with van der Waals surface area (Å²) in [6.07, 6.45) is 5.59. The van der Waals surface area contributed by atoms with E-state index in [1.807, 2.05) is 18.2 Å². The minimum Gasteiger partial charge on any atom is -0.366 e. The van der Waals surface area contributed by atoms with Crippen LogP contribution in [0.4, 0.5) is 17.5 Å². The van der Waals surface area contributed by atoms with Gasteiger partial charge in [0.2, 0.25) is 5.95 Å². The van der Waals surface area contributed by atoms with Crippen molar-refractivity contribution in [3.8, 4) is 0 Å². The zero-order valence-electron chi connectivity index (χ0n) is 14.4. The van der Waals surface area contributed by atoms with E-state index in [-0.39, 0.29) is 0 Å². The van der Waals surface area contributed by atoms with Crippen molar-refractivity contribution >= 4 is 44.3 Å². The van der Waals surface area contributed by atoms with Crippen molar-refractivity contribution in [2.24, 2.45) is 0 Å². The van der Waals surface area contributed by atoms with Gasteiger partial charge in [0.05, 0.1) is 16.2 Å². The number of halogens is 1. The molecular formula is C20H17BrN6. The van der Waals surface area contributed by atoms with E-state index in [9.17, 15) is 0 Å². The minimum absolute atomic E-state index is 0.337. The van der Waals surface area contributed by atoms with Crippen molar-refractivity contribution in [1.29, 1.82) is 0 Å². The molecule has 7 heteroatoms. The molecule has 0 atom stereocenters. The Morgan fingerprint density at radius 2 is 1.85 bits per heavy atom. The van der Waals surface area contributed by atoms with E-state index in [1.54, 1.807) is 12.4 Å². The van der Waals surface area contributed by atoms with Gasteiger partial charge in [0, 0.05) is 23.3 Å². The van der Waals surface area contributed by atoms with Gasteiger partial charge in [-0.1, -0.05) is 24.3 Å². The third-order valence-corrected chi connectivity index (χ3v) is 5.41. The lowest BCUT2D eigenvalue weighted by Gasteiger charge is -2.15. The van der Waals surface area contributed by atoms with E-state index < -0.39 is 0 Å². The summed E-state index contributed by atoms with van der Waals surface area (Å²) in [5.41, 5.74) is 4.74. The fourth-order valence-corrected chi connectivity index (χ4v) is 3.84. The molecule has 4 aromatic rings. The van der Waals surface area contributed by atoms with E-state index in [1.165, 1.54) is 11.1 Å². The van der Waals surface area contributed by atoms with E-state index in [0.29, 0.717) is 12.0 Å². The third kappa shape index (κ3) is 3.26. The summed E-state index contributed by atoms with van der Waals surface area (Å²) in [4.78, 5) is 9.04. The highest BCUT2D eigenvalue weighted by Gasteiger charge is 2.22. The number of nitrogens with one attached hydrogen (secondary N) is 3. The van der Waals surface area contributed by atoms with Gasteiger partial charge in [0.25, 0.3) is 0 Å². The molecule has 0 saturated heterocycles. The average Bonchev–Trinajstić information content (AvgIpc) is 3.30. The Kier molecular flexibility index (Phi) is 4.01. The highest BCUT2D eigenvalue weighted by molar-refractivity contribution is 9.10. The molecule has 2 heterocycles. The SMILES string of the molecule is Brc1cnc(Nc2ccc3[nH]ncc3c2)nc1NC1Cc2ccccc2C1. The Balaban J connectivity index is 1.35. The fraction of sp³-hybridized carbons (Fsp3) is 0.150. The van der Waals surface area contributed by atoms with Crippen molar-refractivity contribution in [3.05, 3.63) is 70.5 Å². The first kappa shape index (κ1) is 16.3. The number of nitrogens with zero attached hydrogens (tertiary/aromatic N) is 3. The molecule has 0 amide bonds. The van der Waals surface area contributed by atoms with Gasteiger partial charge in [-0.2, -0.15) is 10.1 Å². The number of fused-ring (bicyclic) bond motifs is 2. The number of H-pyrrole nitrogens is 1. The number of aromatic amines is 1. The number of benzene rings is 2. The molecule has 0 unspecified atom stereocenters. The topological polar surface area (TPSA) is 78.5 Å². The summed E-state index contributed by atoms with van der Waals surface area (Å²) in [6.45, 7) is 0. The lowest BCUT2D eigenvalue weighted by molar-refractivity contribution is 0.767. The molecule has 2 aromatic carbocycles. The second-order valence-corrected chi connectivity index (χ2v) is 7.56. The Hall–Kier alpha value is -2.93. The molecule has 2 aromatic heterocycles. The molecule has 0 spiro atoms. The van der Waals surface area contributed by atoms with Crippen molar-refractivity contribution in [2.75, 3.05) is 10.6 Å². The van der Waals surface area contributed by atoms with Crippen LogP contribution >= 0.6 is 15.9 Å². The highest BCUT2D eigenvalue weighted by atomic mass is 79.9. The van der Waals surface area contributed by atoms with Gasteiger partial charge in [0.15, 0.2) is 0 Å². The van der Waals surface area contributed by atoms with Crippen LogP contribution in [0.5, 0.6) is 0 Å². The summed E-state index contributed by atoms with van der Waals surface area (Å²) >= 11 is 3.56. The van der Waals surface area contributed by atoms with E-state index >= 15 is 0 Å². The van der Waals surface area contributed by atoms with Crippen LogP contribution in [0.25, 0.3) is 10.9 Å². The van der Waals surface area contributed by atoms with Gasteiger partial charge in [-0.05, 0) is 58.1 Å². The van der Waals surface area contributed by atoms with Gasteiger partial charge in [-0.15, -0.1) is 0 Å². The maximum Gasteiger partial charge on any atom is 0.229 e. The van der Waals surface area contributed by atoms with E-state index in [4.69, 9.17) is 0 Å². The molecule has 0 radical (unpaired) electrons. The molecule has 0 aliphatic heterocycles. The monoisotopic (exact) mass is 420 g/mol. The van der Waals surface area contributed by atoms with Crippen LogP contribution in [-0.2, 0) is 12.8 Å². The van der Waals surface area contributed by atoms with Crippen LogP contribution in [0.15, 0.2) is 59.3 Å². The maximum atomic E-state index is 4.66. The van der Waals surface area contributed by atoms with Crippen LogP contribution in [-0.4, -0.2) is 26.2 Å². The zero-order chi connectivity index (χ0) is 18.2. The van der Waals surface area contributed by atoms with Crippen LogP contribution in [0.2, 0.25) is 0 Å².